The Labute approximate surface area is 134 Å². The van der Waals surface area contributed by atoms with Crippen LogP contribution >= 0.6 is 0 Å². The van der Waals surface area contributed by atoms with Crippen LogP contribution in [0.2, 0.25) is 0 Å². The van der Waals surface area contributed by atoms with Crippen molar-refractivity contribution in [2.24, 2.45) is 0 Å². The molecular formula is C17H16N6. The molecule has 0 unspecified atom stereocenters. The fourth-order valence-corrected chi connectivity index (χ4v) is 2.28. The van der Waals surface area contributed by atoms with Gasteiger partial charge in [-0.05, 0) is 42.8 Å². The summed E-state index contributed by atoms with van der Waals surface area (Å²) in [5.41, 5.74) is 2.65. The van der Waals surface area contributed by atoms with Gasteiger partial charge in [-0.2, -0.15) is 10.4 Å². The number of rotatable bonds is 4. The molecule has 3 rings (SSSR count). The van der Waals surface area contributed by atoms with Gasteiger partial charge in [0, 0.05) is 19.8 Å². The minimum absolute atomic E-state index is 0.657. The standard InChI is InChI=1S/C17H16N6/c1-13-8-9-23(21-13)17-7-6-16(19-20-17)22(2)12-15-5-3-4-14(10-15)11-18/h3-10H,12H2,1-2H3. The van der Waals surface area contributed by atoms with Crippen LogP contribution in [0.4, 0.5) is 5.82 Å². The zero-order valence-electron chi connectivity index (χ0n) is 13.0. The number of nitrogens with zero attached hydrogens (tertiary/aromatic N) is 6. The highest BCUT2D eigenvalue weighted by Crippen LogP contribution is 2.14. The molecule has 0 spiro atoms. The molecule has 0 saturated carbocycles. The van der Waals surface area contributed by atoms with Crippen molar-refractivity contribution in [3.63, 3.8) is 0 Å². The van der Waals surface area contributed by atoms with Gasteiger partial charge in [-0.25, -0.2) is 4.68 Å². The van der Waals surface area contributed by atoms with E-state index in [4.69, 9.17) is 5.26 Å². The summed E-state index contributed by atoms with van der Waals surface area (Å²) >= 11 is 0. The average molecular weight is 304 g/mol. The first-order chi connectivity index (χ1) is 11.2. The first-order valence-electron chi connectivity index (χ1n) is 7.22. The third kappa shape index (κ3) is 3.35. The summed E-state index contributed by atoms with van der Waals surface area (Å²) in [5, 5.41) is 21.7. The van der Waals surface area contributed by atoms with Crippen LogP contribution in [0.15, 0.2) is 48.7 Å². The fraction of sp³-hybridized carbons (Fsp3) is 0.176. The Kier molecular flexibility index (Phi) is 4.02. The van der Waals surface area contributed by atoms with Gasteiger partial charge in [0.25, 0.3) is 0 Å². The average Bonchev–Trinajstić information content (AvgIpc) is 3.01. The van der Waals surface area contributed by atoms with Crippen molar-refractivity contribution in [1.82, 2.24) is 20.0 Å². The Hall–Kier alpha value is -3.20. The van der Waals surface area contributed by atoms with Crippen molar-refractivity contribution >= 4 is 5.82 Å². The number of benzene rings is 1. The summed E-state index contributed by atoms with van der Waals surface area (Å²) in [6.45, 7) is 2.59. The number of hydrogen-bond acceptors (Lipinski definition) is 5. The van der Waals surface area contributed by atoms with Gasteiger partial charge in [0.05, 0.1) is 17.3 Å². The Morgan fingerprint density at radius 3 is 2.70 bits per heavy atom. The lowest BCUT2D eigenvalue weighted by molar-refractivity contribution is 0.789. The lowest BCUT2D eigenvalue weighted by Crippen LogP contribution is -2.18. The lowest BCUT2D eigenvalue weighted by atomic mass is 10.1. The molecule has 0 atom stereocenters. The Morgan fingerprint density at radius 2 is 2.04 bits per heavy atom. The Balaban J connectivity index is 1.75. The molecule has 0 fully saturated rings. The largest absolute Gasteiger partial charge is 0.354 e. The summed E-state index contributed by atoms with van der Waals surface area (Å²) < 4.78 is 1.70. The van der Waals surface area contributed by atoms with Gasteiger partial charge in [0.15, 0.2) is 11.6 Å². The summed E-state index contributed by atoms with van der Waals surface area (Å²) in [4.78, 5) is 1.99. The molecule has 23 heavy (non-hydrogen) atoms. The molecule has 1 aromatic carbocycles. The monoisotopic (exact) mass is 304 g/mol. The maximum absolute atomic E-state index is 8.96. The molecule has 0 aliphatic heterocycles. The van der Waals surface area contributed by atoms with E-state index in [1.165, 1.54) is 0 Å². The van der Waals surface area contributed by atoms with Crippen LogP contribution in [-0.4, -0.2) is 27.0 Å². The first kappa shape index (κ1) is 14.7. The quantitative estimate of drug-likeness (QED) is 0.740. The third-order valence-electron chi connectivity index (χ3n) is 3.46. The van der Waals surface area contributed by atoms with Gasteiger partial charge in [0.1, 0.15) is 0 Å². The Morgan fingerprint density at radius 1 is 1.17 bits per heavy atom. The molecule has 0 aliphatic rings. The molecule has 2 aromatic heterocycles. The molecule has 0 amide bonds. The molecule has 114 valence electrons. The second-order valence-electron chi connectivity index (χ2n) is 5.32. The third-order valence-corrected chi connectivity index (χ3v) is 3.46. The van der Waals surface area contributed by atoms with Crippen LogP contribution in [0.3, 0.4) is 0 Å². The number of aromatic nitrogens is 4. The molecular weight excluding hydrogens is 288 g/mol. The van der Waals surface area contributed by atoms with E-state index >= 15 is 0 Å². The molecule has 6 nitrogen and oxygen atoms in total. The topological polar surface area (TPSA) is 70.6 Å². The highest BCUT2D eigenvalue weighted by Gasteiger charge is 2.07. The number of nitriles is 1. The van der Waals surface area contributed by atoms with Gasteiger partial charge >= 0.3 is 0 Å². The van der Waals surface area contributed by atoms with Crippen LogP contribution < -0.4 is 4.90 Å². The highest BCUT2D eigenvalue weighted by atomic mass is 15.4. The van der Waals surface area contributed by atoms with Crippen LogP contribution in [0, 0.1) is 18.3 Å². The number of aryl methyl sites for hydroxylation is 1. The zero-order valence-corrected chi connectivity index (χ0v) is 13.0. The molecule has 0 radical (unpaired) electrons. The highest BCUT2D eigenvalue weighted by molar-refractivity contribution is 5.41. The number of hydrogen-bond donors (Lipinski definition) is 0. The van der Waals surface area contributed by atoms with E-state index in [2.05, 4.69) is 21.4 Å². The van der Waals surface area contributed by atoms with Crippen LogP contribution in [0.5, 0.6) is 0 Å². The second-order valence-corrected chi connectivity index (χ2v) is 5.32. The fourth-order valence-electron chi connectivity index (χ4n) is 2.28. The predicted molar refractivity (Wildman–Crippen MR) is 87.2 cm³/mol. The van der Waals surface area contributed by atoms with Crippen LogP contribution in [0.1, 0.15) is 16.8 Å². The molecule has 6 heteroatoms. The van der Waals surface area contributed by atoms with Crippen molar-refractivity contribution in [1.29, 1.82) is 5.26 Å². The van der Waals surface area contributed by atoms with E-state index in [1.807, 2.05) is 61.5 Å². The van der Waals surface area contributed by atoms with Crippen molar-refractivity contribution in [2.45, 2.75) is 13.5 Å². The zero-order chi connectivity index (χ0) is 16.2. The molecule has 0 N–H and O–H groups in total. The van der Waals surface area contributed by atoms with Crippen molar-refractivity contribution in [2.75, 3.05) is 11.9 Å². The molecule has 3 aromatic rings. The Bertz CT molecular complexity index is 844. The van der Waals surface area contributed by atoms with E-state index in [9.17, 15) is 0 Å². The summed E-state index contributed by atoms with van der Waals surface area (Å²) in [5.74, 6) is 1.45. The van der Waals surface area contributed by atoms with E-state index < -0.39 is 0 Å². The van der Waals surface area contributed by atoms with E-state index in [0.717, 1.165) is 17.1 Å². The minimum atomic E-state index is 0.657. The molecule has 2 heterocycles. The van der Waals surface area contributed by atoms with E-state index in [-0.39, 0.29) is 0 Å². The summed E-state index contributed by atoms with van der Waals surface area (Å²) in [6.07, 6.45) is 1.86. The first-order valence-corrected chi connectivity index (χ1v) is 7.22. The van der Waals surface area contributed by atoms with Crippen LogP contribution in [0.25, 0.3) is 5.82 Å². The number of anilines is 1. The molecule has 0 saturated heterocycles. The van der Waals surface area contributed by atoms with Gasteiger partial charge in [-0.1, -0.05) is 12.1 Å². The van der Waals surface area contributed by atoms with Crippen LogP contribution in [-0.2, 0) is 6.54 Å². The van der Waals surface area contributed by atoms with Gasteiger partial charge in [0.2, 0.25) is 0 Å². The second kappa shape index (κ2) is 6.28. The van der Waals surface area contributed by atoms with Crippen molar-refractivity contribution in [3.05, 3.63) is 65.5 Å². The van der Waals surface area contributed by atoms with Crippen molar-refractivity contribution < 1.29 is 0 Å². The summed E-state index contributed by atoms with van der Waals surface area (Å²) in [6, 6.07) is 15.4. The van der Waals surface area contributed by atoms with Gasteiger partial charge in [-0.15, -0.1) is 10.2 Å². The lowest BCUT2D eigenvalue weighted by Gasteiger charge is -2.17. The maximum Gasteiger partial charge on any atom is 0.175 e. The summed E-state index contributed by atoms with van der Waals surface area (Å²) in [7, 11) is 1.95. The van der Waals surface area contributed by atoms with Gasteiger partial charge in [-0.3, -0.25) is 0 Å². The van der Waals surface area contributed by atoms with Crippen molar-refractivity contribution in [3.8, 4) is 11.9 Å². The molecule has 0 bridgehead atoms. The van der Waals surface area contributed by atoms with E-state index in [0.29, 0.717) is 17.9 Å². The maximum atomic E-state index is 8.96. The van der Waals surface area contributed by atoms with E-state index in [1.54, 1.807) is 10.7 Å². The molecule has 0 aliphatic carbocycles. The minimum Gasteiger partial charge on any atom is -0.354 e. The normalized spacial score (nSPS) is 10.3. The predicted octanol–water partition coefficient (Wildman–Crippen LogP) is 2.48. The van der Waals surface area contributed by atoms with Gasteiger partial charge < -0.3 is 4.90 Å². The smallest absolute Gasteiger partial charge is 0.175 e. The SMILES string of the molecule is Cc1ccn(-c2ccc(N(C)Cc3cccc(C#N)c3)nn2)n1.